The number of aromatic nitrogens is 1. The van der Waals surface area contributed by atoms with Gasteiger partial charge in [-0.25, -0.2) is 13.4 Å². The fraction of sp³-hybridized carbons (Fsp3) is 0.350. The van der Waals surface area contributed by atoms with Crippen LogP contribution < -0.4 is 9.47 Å². The fourth-order valence-corrected chi connectivity index (χ4v) is 6.34. The van der Waals surface area contributed by atoms with Crippen LogP contribution in [0.4, 0.5) is 0 Å². The SMILES string of the molecule is COc1ccc(OC)c(S(=O)(=O)N2CCCC(c3nc4ccccc4s3)C2)c1. The van der Waals surface area contributed by atoms with E-state index < -0.39 is 10.0 Å². The summed E-state index contributed by atoms with van der Waals surface area (Å²) >= 11 is 1.65. The minimum atomic E-state index is -3.70. The van der Waals surface area contributed by atoms with E-state index in [1.165, 1.54) is 20.3 Å². The quantitative estimate of drug-likeness (QED) is 0.629. The number of benzene rings is 2. The first-order valence-corrected chi connectivity index (χ1v) is 11.4. The Morgan fingerprint density at radius 1 is 1.14 bits per heavy atom. The van der Waals surface area contributed by atoms with Crippen molar-refractivity contribution in [3.63, 3.8) is 0 Å². The van der Waals surface area contributed by atoms with Crippen LogP contribution in [0.25, 0.3) is 10.2 Å². The molecule has 0 radical (unpaired) electrons. The summed E-state index contributed by atoms with van der Waals surface area (Å²) in [5.74, 6) is 0.902. The van der Waals surface area contributed by atoms with Crippen LogP contribution in [0.3, 0.4) is 0 Å². The predicted octanol–water partition coefficient (Wildman–Crippen LogP) is 3.88. The Labute approximate surface area is 168 Å². The first kappa shape index (κ1) is 19.2. The first-order valence-electron chi connectivity index (χ1n) is 9.10. The van der Waals surface area contributed by atoms with E-state index in [4.69, 9.17) is 14.5 Å². The third-order valence-electron chi connectivity index (χ3n) is 5.03. The second-order valence-corrected chi connectivity index (χ2v) is 9.71. The van der Waals surface area contributed by atoms with Gasteiger partial charge in [0, 0.05) is 25.1 Å². The zero-order valence-electron chi connectivity index (χ0n) is 15.8. The highest BCUT2D eigenvalue weighted by atomic mass is 32.2. The zero-order chi connectivity index (χ0) is 19.7. The van der Waals surface area contributed by atoms with Crippen LogP contribution in [0, 0.1) is 0 Å². The van der Waals surface area contributed by atoms with E-state index in [0.717, 1.165) is 28.1 Å². The van der Waals surface area contributed by atoms with Gasteiger partial charge in [0.15, 0.2) is 0 Å². The Bertz CT molecular complexity index is 1060. The van der Waals surface area contributed by atoms with Crippen molar-refractivity contribution in [1.82, 2.24) is 9.29 Å². The van der Waals surface area contributed by atoms with Crippen molar-refractivity contribution in [3.05, 3.63) is 47.5 Å². The van der Waals surface area contributed by atoms with Gasteiger partial charge in [0.25, 0.3) is 0 Å². The number of piperidine rings is 1. The van der Waals surface area contributed by atoms with Gasteiger partial charge in [-0.1, -0.05) is 12.1 Å². The summed E-state index contributed by atoms with van der Waals surface area (Å²) in [6.45, 7) is 0.909. The fourth-order valence-electron chi connectivity index (χ4n) is 3.55. The number of rotatable bonds is 5. The lowest BCUT2D eigenvalue weighted by Gasteiger charge is -2.31. The maximum absolute atomic E-state index is 13.4. The largest absolute Gasteiger partial charge is 0.497 e. The Kier molecular flexibility index (Phi) is 5.27. The number of nitrogens with zero attached hydrogens (tertiary/aromatic N) is 2. The summed E-state index contributed by atoms with van der Waals surface area (Å²) in [6, 6.07) is 12.9. The average molecular weight is 419 g/mol. The number of fused-ring (bicyclic) bond motifs is 1. The van der Waals surface area contributed by atoms with Crippen molar-refractivity contribution >= 4 is 31.6 Å². The average Bonchev–Trinajstić information content (AvgIpc) is 3.17. The molecule has 1 saturated heterocycles. The molecule has 2 aromatic carbocycles. The van der Waals surface area contributed by atoms with Crippen LogP contribution in [0.2, 0.25) is 0 Å². The molecule has 1 aliphatic heterocycles. The van der Waals surface area contributed by atoms with Gasteiger partial charge in [-0.3, -0.25) is 0 Å². The van der Waals surface area contributed by atoms with Crippen molar-refractivity contribution in [2.45, 2.75) is 23.7 Å². The van der Waals surface area contributed by atoms with E-state index in [1.54, 1.807) is 27.8 Å². The summed E-state index contributed by atoms with van der Waals surface area (Å²) in [5, 5.41) is 0.999. The molecule has 4 rings (SSSR count). The minimum absolute atomic E-state index is 0.0949. The number of methoxy groups -OCH3 is 2. The van der Waals surface area contributed by atoms with Gasteiger partial charge in [0.1, 0.15) is 16.4 Å². The molecule has 3 aromatic rings. The molecule has 1 aliphatic rings. The highest BCUT2D eigenvalue weighted by molar-refractivity contribution is 7.89. The summed E-state index contributed by atoms with van der Waals surface area (Å²) < 4.78 is 39.9. The summed E-state index contributed by atoms with van der Waals surface area (Å²) in [5.41, 5.74) is 0.969. The van der Waals surface area contributed by atoms with Gasteiger partial charge in [0.05, 0.1) is 29.4 Å². The van der Waals surface area contributed by atoms with Gasteiger partial charge in [-0.15, -0.1) is 11.3 Å². The molecule has 2 heterocycles. The van der Waals surface area contributed by atoms with E-state index in [0.29, 0.717) is 24.6 Å². The van der Waals surface area contributed by atoms with Gasteiger partial charge >= 0.3 is 0 Å². The first-order chi connectivity index (χ1) is 13.5. The van der Waals surface area contributed by atoms with Gasteiger partial charge in [0.2, 0.25) is 10.0 Å². The van der Waals surface area contributed by atoms with E-state index >= 15 is 0 Å². The molecule has 1 atom stereocenters. The van der Waals surface area contributed by atoms with Gasteiger partial charge in [-0.05, 0) is 37.1 Å². The van der Waals surface area contributed by atoms with E-state index in [-0.39, 0.29) is 10.8 Å². The zero-order valence-corrected chi connectivity index (χ0v) is 17.4. The molecular weight excluding hydrogens is 396 g/mol. The standard InChI is InChI=1S/C20H22N2O4S2/c1-25-15-9-10-17(26-2)19(12-15)28(23,24)22-11-5-6-14(13-22)20-21-16-7-3-4-8-18(16)27-20/h3-4,7-10,12,14H,5-6,11,13H2,1-2H3. The number of hydrogen-bond donors (Lipinski definition) is 0. The molecule has 1 unspecified atom stereocenters. The second kappa shape index (κ2) is 7.69. The van der Waals surface area contributed by atoms with E-state index in [2.05, 4.69) is 6.07 Å². The molecule has 0 amide bonds. The maximum atomic E-state index is 13.4. The molecule has 0 saturated carbocycles. The molecule has 0 spiro atoms. The number of para-hydroxylation sites is 1. The lowest BCUT2D eigenvalue weighted by molar-refractivity contribution is 0.313. The van der Waals surface area contributed by atoms with Crippen LogP contribution >= 0.6 is 11.3 Å². The van der Waals surface area contributed by atoms with Crippen molar-refractivity contribution in [3.8, 4) is 11.5 Å². The van der Waals surface area contributed by atoms with Crippen molar-refractivity contribution in [2.75, 3.05) is 27.3 Å². The molecule has 8 heteroatoms. The molecular formula is C20H22N2O4S2. The number of hydrogen-bond acceptors (Lipinski definition) is 6. The lowest BCUT2D eigenvalue weighted by atomic mass is 10.0. The normalized spacial score (nSPS) is 18.3. The van der Waals surface area contributed by atoms with Crippen LogP contribution in [-0.2, 0) is 10.0 Å². The number of sulfonamides is 1. The molecule has 0 aliphatic carbocycles. The molecule has 0 bridgehead atoms. The molecule has 6 nitrogen and oxygen atoms in total. The van der Waals surface area contributed by atoms with E-state index in [9.17, 15) is 8.42 Å². The Balaban J connectivity index is 1.65. The number of thiazole rings is 1. The predicted molar refractivity (Wildman–Crippen MR) is 110 cm³/mol. The summed E-state index contributed by atoms with van der Waals surface area (Å²) in [4.78, 5) is 4.88. The lowest BCUT2D eigenvalue weighted by Crippen LogP contribution is -2.39. The van der Waals surface area contributed by atoms with Gasteiger partial charge < -0.3 is 9.47 Å². The second-order valence-electron chi connectivity index (χ2n) is 6.74. The van der Waals surface area contributed by atoms with Gasteiger partial charge in [-0.2, -0.15) is 4.31 Å². The third-order valence-corrected chi connectivity index (χ3v) is 8.12. The smallest absolute Gasteiger partial charge is 0.246 e. The maximum Gasteiger partial charge on any atom is 0.246 e. The highest BCUT2D eigenvalue weighted by Crippen LogP contribution is 2.37. The van der Waals surface area contributed by atoms with Crippen LogP contribution in [0.5, 0.6) is 11.5 Å². The summed E-state index contributed by atoms with van der Waals surface area (Å²) in [6.07, 6.45) is 1.73. The Morgan fingerprint density at radius 3 is 2.71 bits per heavy atom. The molecule has 28 heavy (non-hydrogen) atoms. The van der Waals surface area contributed by atoms with Crippen LogP contribution in [-0.4, -0.2) is 45.0 Å². The van der Waals surface area contributed by atoms with Crippen LogP contribution in [0.1, 0.15) is 23.8 Å². The van der Waals surface area contributed by atoms with Crippen molar-refractivity contribution < 1.29 is 17.9 Å². The molecule has 1 aromatic heterocycles. The Morgan fingerprint density at radius 2 is 1.96 bits per heavy atom. The topological polar surface area (TPSA) is 68.7 Å². The monoisotopic (exact) mass is 418 g/mol. The highest BCUT2D eigenvalue weighted by Gasteiger charge is 2.34. The van der Waals surface area contributed by atoms with Crippen molar-refractivity contribution in [1.29, 1.82) is 0 Å². The minimum Gasteiger partial charge on any atom is -0.497 e. The third kappa shape index (κ3) is 3.47. The molecule has 148 valence electrons. The molecule has 0 N–H and O–H groups in total. The van der Waals surface area contributed by atoms with Crippen molar-refractivity contribution in [2.24, 2.45) is 0 Å². The summed E-state index contributed by atoms with van der Waals surface area (Å²) in [7, 11) is -0.714. The number of ether oxygens (including phenoxy) is 2. The van der Waals surface area contributed by atoms with Crippen LogP contribution in [0.15, 0.2) is 47.4 Å². The molecule has 1 fully saturated rings. The van der Waals surface area contributed by atoms with E-state index in [1.807, 2.05) is 18.2 Å². The Hall–Kier alpha value is -2.16.